The summed E-state index contributed by atoms with van der Waals surface area (Å²) in [5.41, 5.74) is 3.73. The maximum Gasteiger partial charge on any atom is 0.187 e. The molecule has 0 aromatic heterocycles. The third kappa shape index (κ3) is 7.15. The molecule has 1 aromatic carbocycles. The minimum atomic E-state index is 0.0671. The number of hydrogen-bond donors (Lipinski definition) is 2. The van der Waals surface area contributed by atoms with Crippen LogP contribution in [-0.4, -0.2) is 68.8 Å². The Kier molecular flexibility index (Phi) is 8.60. The highest BCUT2D eigenvalue weighted by atomic mass is 32.1. The zero-order valence-corrected chi connectivity index (χ0v) is 16.5. The molecule has 2 N–H and O–H groups in total. The minimum absolute atomic E-state index is 0.0671. The van der Waals surface area contributed by atoms with Gasteiger partial charge in [-0.05, 0) is 49.8 Å². The Morgan fingerprint density at radius 1 is 1.35 bits per heavy atom. The second-order valence-corrected chi connectivity index (χ2v) is 6.57. The van der Waals surface area contributed by atoms with Crippen LogP contribution in [0.3, 0.4) is 0 Å². The lowest BCUT2D eigenvalue weighted by atomic mass is 10.2. The van der Waals surface area contributed by atoms with Crippen molar-refractivity contribution in [3.63, 3.8) is 0 Å². The summed E-state index contributed by atoms with van der Waals surface area (Å²) < 4.78 is 16.4. The maximum atomic E-state index is 5.76. The maximum absolute atomic E-state index is 5.76. The van der Waals surface area contributed by atoms with Gasteiger partial charge in [-0.1, -0.05) is 0 Å². The van der Waals surface area contributed by atoms with Gasteiger partial charge in [0.25, 0.3) is 0 Å². The lowest BCUT2D eigenvalue weighted by Crippen LogP contribution is -2.42. The Morgan fingerprint density at radius 2 is 2.12 bits per heavy atom. The number of thiocarbonyl (C=S) groups is 1. The molecule has 7 nitrogen and oxygen atoms in total. The van der Waals surface area contributed by atoms with Crippen LogP contribution in [0, 0.1) is 0 Å². The van der Waals surface area contributed by atoms with Crippen LogP contribution >= 0.6 is 12.2 Å². The van der Waals surface area contributed by atoms with E-state index >= 15 is 0 Å². The van der Waals surface area contributed by atoms with Crippen molar-refractivity contribution in [1.82, 2.24) is 15.6 Å². The lowest BCUT2D eigenvalue weighted by Gasteiger charge is -2.26. The number of benzene rings is 1. The van der Waals surface area contributed by atoms with E-state index in [9.17, 15) is 0 Å². The fourth-order valence-corrected chi connectivity index (χ4v) is 2.63. The van der Waals surface area contributed by atoms with Crippen molar-refractivity contribution in [2.75, 3.05) is 46.5 Å². The number of rotatable bonds is 8. The van der Waals surface area contributed by atoms with E-state index < -0.39 is 0 Å². The highest BCUT2D eigenvalue weighted by Crippen LogP contribution is 2.28. The van der Waals surface area contributed by atoms with E-state index in [1.807, 2.05) is 32.0 Å². The molecule has 0 radical (unpaired) electrons. The van der Waals surface area contributed by atoms with Crippen LogP contribution in [-0.2, 0) is 4.74 Å². The van der Waals surface area contributed by atoms with Gasteiger partial charge >= 0.3 is 0 Å². The van der Waals surface area contributed by atoms with Gasteiger partial charge in [-0.3, -0.25) is 10.3 Å². The molecule has 144 valence electrons. The van der Waals surface area contributed by atoms with Crippen LogP contribution < -0.4 is 20.2 Å². The highest BCUT2D eigenvalue weighted by molar-refractivity contribution is 7.80. The van der Waals surface area contributed by atoms with Gasteiger partial charge in [0, 0.05) is 26.2 Å². The van der Waals surface area contributed by atoms with Crippen molar-refractivity contribution in [3.8, 4) is 11.5 Å². The summed E-state index contributed by atoms with van der Waals surface area (Å²) in [6, 6.07) is 5.66. The van der Waals surface area contributed by atoms with Gasteiger partial charge in [0.15, 0.2) is 16.6 Å². The molecule has 2 rings (SSSR count). The van der Waals surface area contributed by atoms with Crippen LogP contribution in [0.5, 0.6) is 11.5 Å². The molecule has 8 heteroatoms. The number of morpholine rings is 1. The topological polar surface area (TPSA) is 67.4 Å². The molecular weight excluding hydrogens is 352 g/mol. The molecule has 1 saturated heterocycles. The first-order valence-corrected chi connectivity index (χ1v) is 9.21. The van der Waals surface area contributed by atoms with Gasteiger partial charge in [0.1, 0.15) is 0 Å². The molecule has 1 aromatic rings. The standard InChI is InChI=1S/C18H28N4O3S/c1-14(2)25-17-12-15(4-5-16(17)23-3)13-20-21-18(26)19-6-7-22-8-10-24-11-9-22/h4-5,12-14H,6-11H2,1-3H3,(H2,19,21,26)/b20-13+. The van der Waals surface area contributed by atoms with E-state index in [1.54, 1.807) is 13.3 Å². The van der Waals surface area contributed by atoms with Crippen LogP contribution in [0.1, 0.15) is 19.4 Å². The highest BCUT2D eigenvalue weighted by Gasteiger charge is 2.09. The molecule has 1 aliphatic heterocycles. The predicted molar refractivity (Wildman–Crippen MR) is 107 cm³/mol. The Bertz CT molecular complexity index is 604. The smallest absolute Gasteiger partial charge is 0.187 e. The zero-order valence-electron chi connectivity index (χ0n) is 15.7. The molecule has 0 bridgehead atoms. The number of hydrogen-bond acceptors (Lipinski definition) is 6. The van der Waals surface area contributed by atoms with Crippen LogP contribution in [0.25, 0.3) is 0 Å². The van der Waals surface area contributed by atoms with Crippen molar-refractivity contribution < 1.29 is 14.2 Å². The summed E-state index contributed by atoms with van der Waals surface area (Å²) in [4.78, 5) is 2.34. The number of nitrogens with one attached hydrogen (secondary N) is 2. The summed E-state index contributed by atoms with van der Waals surface area (Å²) in [5.74, 6) is 1.39. The summed E-state index contributed by atoms with van der Waals surface area (Å²) in [6.07, 6.45) is 1.76. The van der Waals surface area contributed by atoms with Crippen molar-refractivity contribution in [3.05, 3.63) is 23.8 Å². The van der Waals surface area contributed by atoms with E-state index in [1.165, 1.54) is 0 Å². The molecule has 0 aliphatic carbocycles. The second-order valence-electron chi connectivity index (χ2n) is 6.16. The second kappa shape index (κ2) is 10.9. The van der Waals surface area contributed by atoms with E-state index in [0.717, 1.165) is 45.0 Å². The molecule has 0 atom stereocenters. The fourth-order valence-electron chi connectivity index (χ4n) is 2.48. The molecule has 0 spiro atoms. The van der Waals surface area contributed by atoms with Gasteiger partial charge in [-0.25, -0.2) is 0 Å². The van der Waals surface area contributed by atoms with Gasteiger partial charge < -0.3 is 19.5 Å². The molecule has 1 fully saturated rings. The van der Waals surface area contributed by atoms with E-state index in [4.69, 9.17) is 26.4 Å². The Hall–Kier alpha value is -1.90. The molecule has 26 heavy (non-hydrogen) atoms. The third-order valence-electron chi connectivity index (χ3n) is 3.75. The quantitative estimate of drug-likeness (QED) is 0.403. The Labute approximate surface area is 160 Å². The van der Waals surface area contributed by atoms with Gasteiger partial charge in [-0.15, -0.1) is 0 Å². The van der Waals surface area contributed by atoms with Crippen LogP contribution in [0.15, 0.2) is 23.3 Å². The van der Waals surface area contributed by atoms with Crippen LogP contribution in [0.4, 0.5) is 0 Å². The molecule has 0 saturated carbocycles. The third-order valence-corrected chi connectivity index (χ3v) is 3.98. The average Bonchev–Trinajstić information content (AvgIpc) is 2.62. The van der Waals surface area contributed by atoms with Crippen molar-refractivity contribution in [2.24, 2.45) is 5.10 Å². The zero-order chi connectivity index (χ0) is 18.8. The van der Waals surface area contributed by atoms with E-state index in [0.29, 0.717) is 16.6 Å². The van der Waals surface area contributed by atoms with E-state index in [-0.39, 0.29) is 6.10 Å². The van der Waals surface area contributed by atoms with Gasteiger partial charge in [0.2, 0.25) is 0 Å². The van der Waals surface area contributed by atoms with Crippen molar-refractivity contribution in [2.45, 2.75) is 20.0 Å². The van der Waals surface area contributed by atoms with Crippen molar-refractivity contribution >= 4 is 23.5 Å². The summed E-state index contributed by atoms with van der Waals surface area (Å²) in [5, 5.41) is 7.83. The number of nitrogens with zero attached hydrogens (tertiary/aromatic N) is 2. The lowest BCUT2D eigenvalue weighted by molar-refractivity contribution is 0.0389. The van der Waals surface area contributed by atoms with Gasteiger partial charge in [0.05, 0.1) is 32.6 Å². The molecule has 0 amide bonds. The number of hydrazone groups is 1. The fraction of sp³-hybridized carbons (Fsp3) is 0.556. The number of ether oxygens (including phenoxy) is 3. The minimum Gasteiger partial charge on any atom is -0.493 e. The first-order chi connectivity index (χ1) is 12.6. The average molecular weight is 381 g/mol. The first-order valence-electron chi connectivity index (χ1n) is 8.80. The Balaban J connectivity index is 1.76. The van der Waals surface area contributed by atoms with Crippen LogP contribution in [0.2, 0.25) is 0 Å². The monoisotopic (exact) mass is 380 g/mol. The SMILES string of the molecule is COc1ccc(/C=N/NC(=S)NCCN2CCOCC2)cc1OC(C)C. The summed E-state index contributed by atoms with van der Waals surface area (Å²) in [7, 11) is 1.62. The molecular formula is C18H28N4O3S. The largest absolute Gasteiger partial charge is 0.493 e. The molecule has 1 heterocycles. The normalized spacial score (nSPS) is 15.2. The van der Waals surface area contributed by atoms with Crippen molar-refractivity contribution in [1.29, 1.82) is 0 Å². The molecule has 1 aliphatic rings. The predicted octanol–water partition coefficient (Wildman–Crippen LogP) is 1.61. The summed E-state index contributed by atoms with van der Waals surface area (Å²) >= 11 is 5.23. The summed E-state index contributed by atoms with van der Waals surface area (Å²) in [6.45, 7) is 9.20. The Morgan fingerprint density at radius 3 is 2.81 bits per heavy atom. The number of methoxy groups -OCH3 is 1. The van der Waals surface area contributed by atoms with Gasteiger partial charge in [-0.2, -0.15) is 5.10 Å². The van der Waals surface area contributed by atoms with E-state index in [2.05, 4.69) is 20.7 Å². The molecule has 0 unspecified atom stereocenters. The first kappa shape index (κ1) is 20.4.